The molecule has 0 unspecified atom stereocenters. The monoisotopic (exact) mass is 304 g/mol. The van der Waals surface area contributed by atoms with Crippen LogP contribution < -0.4 is 5.32 Å². The average Bonchev–Trinajstić information content (AvgIpc) is 2.86. The number of aromatic nitrogens is 3. The first kappa shape index (κ1) is 16.4. The van der Waals surface area contributed by atoms with Crippen LogP contribution in [-0.4, -0.2) is 37.8 Å². The molecule has 6 nitrogen and oxygen atoms in total. The van der Waals surface area contributed by atoms with E-state index in [9.17, 15) is 9.90 Å². The number of nitrogens with one attached hydrogen (secondary N) is 1. The molecular weight excluding hydrogens is 280 g/mol. The molecule has 120 valence electrons. The van der Waals surface area contributed by atoms with E-state index in [0.29, 0.717) is 24.1 Å². The van der Waals surface area contributed by atoms with E-state index in [0.717, 1.165) is 18.7 Å². The summed E-state index contributed by atoms with van der Waals surface area (Å²) in [5, 5.41) is 21.4. The lowest BCUT2D eigenvalue weighted by Gasteiger charge is -2.27. The van der Waals surface area contributed by atoms with Crippen LogP contribution in [0.15, 0.2) is 18.3 Å². The molecule has 0 spiro atoms. The second kappa shape index (κ2) is 6.87. The van der Waals surface area contributed by atoms with Gasteiger partial charge in [-0.2, -0.15) is 0 Å². The van der Waals surface area contributed by atoms with Crippen LogP contribution in [0.25, 0.3) is 5.65 Å². The van der Waals surface area contributed by atoms with Gasteiger partial charge in [0.25, 0.3) is 5.91 Å². The van der Waals surface area contributed by atoms with Gasteiger partial charge < -0.3 is 10.4 Å². The fourth-order valence-electron chi connectivity index (χ4n) is 2.72. The molecule has 0 radical (unpaired) electrons. The molecule has 2 aromatic heterocycles. The largest absolute Gasteiger partial charge is 0.388 e. The molecule has 0 aliphatic carbocycles. The van der Waals surface area contributed by atoms with Crippen LogP contribution >= 0.6 is 0 Å². The van der Waals surface area contributed by atoms with Crippen LogP contribution in [0.1, 0.15) is 55.7 Å². The number of hydrogen-bond acceptors (Lipinski definition) is 4. The van der Waals surface area contributed by atoms with Crippen molar-refractivity contribution in [1.82, 2.24) is 19.9 Å². The lowest BCUT2D eigenvalue weighted by atomic mass is 9.92. The second-order valence-electron chi connectivity index (χ2n) is 5.80. The van der Waals surface area contributed by atoms with Crippen molar-refractivity contribution in [2.24, 2.45) is 0 Å². The van der Waals surface area contributed by atoms with E-state index in [1.54, 1.807) is 22.7 Å². The van der Waals surface area contributed by atoms with Crippen molar-refractivity contribution in [2.75, 3.05) is 6.54 Å². The van der Waals surface area contributed by atoms with Crippen LogP contribution in [0.5, 0.6) is 0 Å². The Morgan fingerprint density at radius 1 is 1.27 bits per heavy atom. The number of aliphatic hydroxyl groups is 1. The van der Waals surface area contributed by atoms with E-state index in [2.05, 4.69) is 15.5 Å². The number of carbonyl (C=O) groups is 1. The summed E-state index contributed by atoms with van der Waals surface area (Å²) in [5.74, 6) is 0.541. The van der Waals surface area contributed by atoms with Crippen molar-refractivity contribution >= 4 is 11.6 Å². The fourth-order valence-corrected chi connectivity index (χ4v) is 2.72. The molecule has 2 heterocycles. The molecular formula is C16H24N4O2. The molecule has 0 aromatic carbocycles. The first-order chi connectivity index (χ1) is 10.5. The maximum Gasteiger partial charge on any atom is 0.252 e. The zero-order chi connectivity index (χ0) is 16.2. The van der Waals surface area contributed by atoms with Gasteiger partial charge in [0.15, 0.2) is 5.65 Å². The molecule has 0 aliphatic heterocycles. The summed E-state index contributed by atoms with van der Waals surface area (Å²) in [6.45, 7) is 6.17. The minimum atomic E-state index is -0.824. The highest BCUT2D eigenvalue weighted by atomic mass is 16.3. The molecule has 6 heteroatoms. The summed E-state index contributed by atoms with van der Waals surface area (Å²) >= 11 is 0. The Morgan fingerprint density at radius 3 is 2.59 bits per heavy atom. The highest BCUT2D eigenvalue weighted by molar-refractivity contribution is 5.94. The number of nitrogens with zero attached hydrogens (tertiary/aromatic N) is 3. The highest BCUT2D eigenvalue weighted by Gasteiger charge is 2.25. The summed E-state index contributed by atoms with van der Waals surface area (Å²) in [6, 6.07) is 3.48. The Kier molecular flexibility index (Phi) is 5.13. The van der Waals surface area contributed by atoms with Crippen molar-refractivity contribution in [3.05, 3.63) is 29.7 Å². The standard InChI is InChI=1S/C16H24N4O2/c1-4-8-16(22,9-5-2)11-17-15(21)13-6-7-14-19-18-12(3)20(14)10-13/h6-7,10,22H,4-5,8-9,11H2,1-3H3,(H,17,21). The van der Waals surface area contributed by atoms with Gasteiger partial charge in [-0.15, -0.1) is 10.2 Å². The number of pyridine rings is 1. The Bertz CT molecular complexity index is 645. The highest BCUT2D eigenvalue weighted by Crippen LogP contribution is 2.18. The molecule has 0 saturated heterocycles. The normalized spacial score (nSPS) is 11.8. The van der Waals surface area contributed by atoms with Gasteiger partial charge >= 0.3 is 0 Å². The minimum absolute atomic E-state index is 0.194. The van der Waals surface area contributed by atoms with Crippen molar-refractivity contribution in [1.29, 1.82) is 0 Å². The van der Waals surface area contributed by atoms with Crippen molar-refractivity contribution in [3.63, 3.8) is 0 Å². The summed E-state index contributed by atoms with van der Waals surface area (Å²) < 4.78 is 1.78. The summed E-state index contributed by atoms with van der Waals surface area (Å²) in [7, 11) is 0. The Hall–Kier alpha value is -1.95. The lowest BCUT2D eigenvalue weighted by molar-refractivity contribution is 0.0213. The predicted octanol–water partition coefficient (Wildman–Crippen LogP) is 2.10. The van der Waals surface area contributed by atoms with Gasteiger partial charge in [-0.3, -0.25) is 9.20 Å². The van der Waals surface area contributed by atoms with E-state index in [-0.39, 0.29) is 12.5 Å². The van der Waals surface area contributed by atoms with E-state index in [1.165, 1.54) is 0 Å². The number of hydrogen-bond donors (Lipinski definition) is 2. The molecule has 2 rings (SSSR count). The van der Waals surface area contributed by atoms with Gasteiger partial charge in [-0.05, 0) is 31.9 Å². The first-order valence-corrected chi connectivity index (χ1v) is 7.81. The van der Waals surface area contributed by atoms with Gasteiger partial charge in [-0.25, -0.2) is 0 Å². The maximum atomic E-state index is 12.3. The van der Waals surface area contributed by atoms with Crippen LogP contribution in [0.4, 0.5) is 0 Å². The Labute approximate surface area is 130 Å². The molecule has 0 fully saturated rings. The first-order valence-electron chi connectivity index (χ1n) is 7.81. The van der Waals surface area contributed by atoms with Crippen LogP contribution in [0.3, 0.4) is 0 Å². The molecule has 2 N–H and O–H groups in total. The van der Waals surface area contributed by atoms with Gasteiger partial charge in [0.1, 0.15) is 5.82 Å². The third-order valence-corrected chi connectivity index (χ3v) is 3.84. The molecule has 0 bridgehead atoms. The topological polar surface area (TPSA) is 79.5 Å². The SMILES string of the molecule is CCCC(O)(CCC)CNC(=O)c1ccc2nnc(C)n2c1. The van der Waals surface area contributed by atoms with Crippen LogP contribution in [0, 0.1) is 6.92 Å². The Morgan fingerprint density at radius 2 is 1.95 bits per heavy atom. The van der Waals surface area contributed by atoms with E-state index >= 15 is 0 Å². The number of rotatable bonds is 7. The van der Waals surface area contributed by atoms with Crippen LogP contribution in [0.2, 0.25) is 0 Å². The van der Waals surface area contributed by atoms with Crippen molar-refractivity contribution < 1.29 is 9.90 Å². The summed E-state index contributed by atoms with van der Waals surface area (Å²) in [6.07, 6.45) is 4.87. The fraction of sp³-hybridized carbons (Fsp3) is 0.562. The minimum Gasteiger partial charge on any atom is -0.388 e. The van der Waals surface area contributed by atoms with Gasteiger partial charge in [0, 0.05) is 12.7 Å². The maximum absolute atomic E-state index is 12.3. The molecule has 22 heavy (non-hydrogen) atoms. The zero-order valence-corrected chi connectivity index (χ0v) is 13.5. The van der Waals surface area contributed by atoms with Crippen molar-refractivity contribution in [2.45, 2.75) is 52.1 Å². The van der Waals surface area contributed by atoms with E-state index in [4.69, 9.17) is 0 Å². The van der Waals surface area contributed by atoms with E-state index in [1.807, 2.05) is 20.8 Å². The third-order valence-electron chi connectivity index (χ3n) is 3.84. The molecule has 0 saturated carbocycles. The van der Waals surface area contributed by atoms with E-state index < -0.39 is 5.60 Å². The smallest absolute Gasteiger partial charge is 0.252 e. The number of amides is 1. The lowest BCUT2D eigenvalue weighted by Crippen LogP contribution is -2.42. The number of fused-ring (bicyclic) bond motifs is 1. The predicted molar refractivity (Wildman–Crippen MR) is 84.8 cm³/mol. The third kappa shape index (κ3) is 3.62. The molecule has 0 aliphatic rings. The average molecular weight is 304 g/mol. The van der Waals surface area contributed by atoms with Gasteiger partial charge in [-0.1, -0.05) is 26.7 Å². The molecule has 2 aromatic rings. The number of carbonyl (C=O) groups excluding carboxylic acids is 1. The van der Waals surface area contributed by atoms with Crippen molar-refractivity contribution in [3.8, 4) is 0 Å². The Balaban J connectivity index is 2.08. The summed E-state index contributed by atoms with van der Waals surface area (Å²) in [4.78, 5) is 12.3. The molecule has 1 amide bonds. The zero-order valence-electron chi connectivity index (χ0n) is 13.5. The summed E-state index contributed by atoms with van der Waals surface area (Å²) in [5.41, 5.74) is 0.420. The number of aryl methyl sites for hydroxylation is 1. The van der Waals surface area contributed by atoms with Gasteiger partial charge in [0.2, 0.25) is 0 Å². The second-order valence-corrected chi connectivity index (χ2v) is 5.80. The quantitative estimate of drug-likeness (QED) is 0.821. The van der Waals surface area contributed by atoms with Gasteiger partial charge in [0.05, 0.1) is 11.2 Å². The molecule has 0 atom stereocenters. The van der Waals surface area contributed by atoms with Crippen LogP contribution in [-0.2, 0) is 0 Å².